The van der Waals surface area contributed by atoms with E-state index in [0.29, 0.717) is 18.7 Å². The number of nitrogens with zero attached hydrogens (tertiary/aromatic N) is 2. The third-order valence-corrected chi connectivity index (χ3v) is 4.87. The van der Waals surface area contributed by atoms with Gasteiger partial charge in [-0.15, -0.1) is 0 Å². The van der Waals surface area contributed by atoms with E-state index in [1.54, 1.807) is 0 Å². The molecule has 1 aromatic rings. The molecule has 23 heavy (non-hydrogen) atoms. The van der Waals surface area contributed by atoms with Crippen LogP contribution in [0.3, 0.4) is 0 Å². The maximum absolute atomic E-state index is 12.4. The molecule has 1 aliphatic heterocycles. The number of likely N-dealkylation sites (N-methyl/N-ethyl adjacent to an activating group) is 1. The zero-order valence-electron chi connectivity index (χ0n) is 14.9. The fourth-order valence-corrected chi connectivity index (χ4v) is 3.39. The van der Waals surface area contributed by atoms with Crippen molar-refractivity contribution in [1.29, 1.82) is 0 Å². The van der Waals surface area contributed by atoms with Crippen LogP contribution in [0.15, 0.2) is 30.3 Å². The third kappa shape index (κ3) is 4.79. The topological polar surface area (TPSA) is 32.8 Å². The largest absolute Gasteiger partial charge is 0.369 e. The predicted octanol–water partition coefficient (Wildman–Crippen LogP) is 2.92. The van der Waals surface area contributed by atoms with Gasteiger partial charge in [0.2, 0.25) is 0 Å². The van der Waals surface area contributed by atoms with E-state index in [-0.39, 0.29) is 12.0 Å². The Labute approximate surface area is 140 Å². The highest BCUT2D eigenvalue weighted by atomic mass is 16.5. The summed E-state index contributed by atoms with van der Waals surface area (Å²) < 4.78 is 5.44. The lowest BCUT2D eigenvalue weighted by Crippen LogP contribution is -2.51. The van der Waals surface area contributed by atoms with Gasteiger partial charge in [-0.05, 0) is 39.2 Å². The molecule has 0 saturated carbocycles. The van der Waals surface area contributed by atoms with Crippen molar-refractivity contribution in [2.75, 3.05) is 20.2 Å². The molecule has 1 heterocycles. The lowest BCUT2D eigenvalue weighted by Gasteiger charge is -2.41. The smallest absolute Gasteiger partial charge is 0.251 e. The SMILES string of the molecule is CCO[C@H](C)C(=O)N(C)[C@@H]1CCN(Cc2ccccc2)[C@@H](C)C1. The summed E-state index contributed by atoms with van der Waals surface area (Å²) in [5, 5.41) is 0. The summed E-state index contributed by atoms with van der Waals surface area (Å²) in [4.78, 5) is 16.8. The van der Waals surface area contributed by atoms with Crippen molar-refractivity contribution in [3.8, 4) is 0 Å². The molecule has 4 heteroatoms. The van der Waals surface area contributed by atoms with Gasteiger partial charge in [0, 0.05) is 38.8 Å². The van der Waals surface area contributed by atoms with Gasteiger partial charge in [-0.1, -0.05) is 30.3 Å². The molecule has 1 fully saturated rings. The normalized spacial score (nSPS) is 23.5. The van der Waals surface area contributed by atoms with Gasteiger partial charge in [0.15, 0.2) is 0 Å². The van der Waals surface area contributed by atoms with Gasteiger partial charge in [-0.3, -0.25) is 9.69 Å². The predicted molar refractivity (Wildman–Crippen MR) is 93.2 cm³/mol. The van der Waals surface area contributed by atoms with E-state index in [9.17, 15) is 4.79 Å². The number of likely N-dealkylation sites (tertiary alicyclic amines) is 1. The van der Waals surface area contributed by atoms with Crippen LogP contribution in [0.1, 0.15) is 39.2 Å². The van der Waals surface area contributed by atoms with Gasteiger partial charge < -0.3 is 9.64 Å². The standard InChI is InChI=1S/C19H30N2O2/c1-5-23-16(3)19(22)20(4)18-11-12-21(15(2)13-18)14-17-9-7-6-8-10-17/h6-10,15-16,18H,5,11-14H2,1-4H3/t15-,16+,18+/m0/s1. The fraction of sp³-hybridized carbons (Fsp3) is 0.632. The number of benzene rings is 1. The first-order valence-corrected chi connectivity index (χ1v) is 8.69. The lowest BCUT2D eigenvalue weighted by molar-refractivity contribution is -0.144. The maximum atomic E-state index is 12.4. The molecule has 1 aromatic carbocycles. The zero-order valence-corrected chi connectivity index (χ0v) is 14.9. The van der Waals surface area contributed by atoms with Crippen LogP contribution in [0.4, 0.5) is 0 Å². The van der Waals surface area contributed by atoms with Crippen LogP contribution in [-0.2, 0) is 16.1 Å². The molecule has 1 aliphatic rings. The summed E-state index contributed by atoms with van der Waals surface area (Å²) >= 11 is 0. The minimum Gasteiger partial charge on any atom is -0.369 e. The quantitative estimate of drug-likeness (QED) is 0.808. The van der Waals surface area contributed by atoms with E-state index >= 15 is 0 Å². The van der Waals surface area contributed by atoms with E-state index in [1.165, 1.54) is 5.56 Å². The Morgan fingerprint density at radius 3 is 2.70 bits per heavy atom. The summed E-state index contributed by atoms with van der Waals surface area (Å²) in [5.74, 6) is 0.0977. The Morgan fingerprint density at radius 1 is 1.39 bits per heavy atom. The van der Waals surface area contributed by atoms with E-state index in [1.807, 2.05) is 25.8 Å². The summed E-state index contributed by atoms with van der Waals surface area (Å²) in [6, 6.07) is 11.4. The van der Waals surface area contributed by atoms with E-state index in [4.69, 9.17) is 4.74 Å². The second-order valence-corrected chi connectivity index (χ2v) is 6.53. The van der Waals surface area contributed by atoms with Crippen molar-refractivity contribution in [1.82, 2.24) is 9.80 Å². The second-order valence-electron chi connectivity index (χ2n) is 6.53. The van der Waals surface area contributed by atoms with Crippen molar-refractivity contribution in [3.05, 3.63) is 35.9 Å². The van der Waals surface area contributed by atoms with Crippen LogP contribution in [0.25, 0.3) is 0 Å². The molecule has 1 amide bonds. The molecular formula is C19H30N2O2. The first kappa shape index (κ1) is 18.0. The van der Waals surface area contributed by atoms with E-state index < -0.39 is 0 Å². The Bertz CT molecular complexity index is 491. The van der Waals surface area contributed by atoms with Crippen molar-refractivity contribution in [3.63, 3.8) is 0 Å². The molecule has 0 unspecified atom stereocenters. The van der Waals surface area contributed by atoms with Crippen LogP contribution in [0, 0.1) is 0 Å². The van der Waals surface area contributed by atoms with E-state index in [2.05, 4.69) is 42.2 Å². The Hall–Kier alpha value is -1.39. The molecule has 0 spiro atoms. The minimum absolute atomic E-state index is 0.0977. The molecule has 0 bridgehead atoms. The molecule has 0 radical (unpaired) electrons. The average Bonchev–Trinajstić information content (AvgIpc) is 2.56. The molecule has 4 nitrogen and oxygen atoms in total. The highest BCUT2D eigenvalue weighted by Crippen LogP contribution is 2.23. The molecule has 3 atom stereocenters. The summed E-state index contributed by atoms with van der Waals surface area (Å²) in [6.45, 7) is 8.62. The van der Waals surface area contributed by atoms with Crippen molar-refractivity contribution >= 4 is 5.91 Å². The fourth-order valence-electron chi connectivity index (χ4n) is 3.39. The van der Waals surface area contributed by atoms with Gasteiger partial charge in [0.25, 0.3) is 5.91 Å². The van der Waals surface area contributed by atoms with Crippen molar-refractivity contribution in [2.24, 2.45) is 0 Å². The highest BCUT2D eigenvalue weighted by molar-refractivity contribution is 5.80. The number of piperidine rings is 1. The number of hydrogen-bond donors (Lipinski definition) is 0. The molecule has 2 rings (SSSR count). The van der Waals surface area contributed by atoms with Gasteiger partial charge >= 0.3 is 0 Å². The maximum Gasteiger partial charge on any atom is 0.251 e. The van der Waals surface area contributed by atoms with Crippen molar-refractivity contribution in [2.45, 2.75) is 58.3 Å². The van der Waals surface area contributed by atoms with Crippen LogP contribution >= 0.6 is 0 Å². The van der Waals surface area contributed by atoms with Gasteiger partial charge in [0.05, 0.1) is 0 Å². The average molecular weight is 318 g/mol. The van der Waals surface area contributed by atoms with E-state index in [0.717, 1.165) is 25.9 Å². The van der Waals surface area contributed by atoms with Crippen molar-refractivity contribution < 1.29 is 9.53 Å². The first-order valence-electron chi connectivity index (χ1n) is 8.69. The van der Waals surface area contributed by atoms with Crippen LogP contribution in [0.2, 0.25) is 0 Å². The number of rotatable bonds is 6. The van der Waals surface area contributed by atoms with Crippen LogP contribution < -0.4 is 0 Å². The molecule has 0 aliphatic carbocycles. The number of carbonyl (C=O) groups excluding carboxylic acids is 1. The van der Waals surface area contributed by atoms with Gasteiger partial charge in [0.1, 0.15) is 6.10 Å². The molecular weight excluding hydrogens is 288 g/mol. The van der Waals surface area contributed by atoms with Crippen LogP contribution in [0.5, 0.6) is 0 Å². The van der Waals surface area contributed by atoms with Gasteiger partial charge in [-0.2, -0.15) is 0 Å². The number of carbonyl (C=O) groups is 1. The lowest BCUT2D eigenvalue weighted by atomic mass is 9.96. The number of amides is 1. The number of ether oxygens (including phenoxy) is 1. The molecule has 0 N–H and O–H groups in total. The Morgan fingerprint density at radius 2 is 2.09 bits per heavy atom. The molecule has 128 valence electrons. The summed E-state index contributed by atoms with van der Waals surface area (Å²) in [6.07, 6.45) is 1.70. The second kappa shape index (κ2) is 8.46. The molecule has 1 saturated heterocycles. The summed E-state index contributed by atoms with van der Waals surface area (Å²) in [7, 11) is 1.92. The third-order valence-electron chi connectivity index (χ3n) is 4.87. The summed E-state index contributed by atoms with van der Waals surface area (Å²) in [5.41, 5.74) is 1.35. The Balaban J connectivity index is 1.89. The zero-order chi connectivity index (χ0) is 16.8. The van der Waals surface area contributed by atoms with Gasteiger partial charge in [-0.25, -0.2) is 0 Å². The Kier molecular flexibility index (Phi) is 6.60. The molecule has 0 aromatic heterocycles. The van der Waals surface area contributed by atoms with Crippen LogP contribution in [-0.4, -0.2) is 54.1 Å². The highest BCUT2D eigenvalue weighted by Gasteiger charge is 2.31. The number of hydrogen-bond acceptors (Lipinski definition) is 3. The minimum atomic E-state index is -0.345. The first-order chi connectivity index (χ1) is 11.0. The monoisotopic (exact) mass is 318 g/mol.